The minimum absolute atomic E-state index is 0.0579. The van der Waals surface area contributed by atoms with E-state index in [4.69, 9.17) is 13.8 Å². The highest BCUT2D eigenvalue weighted by Gasteiger charge is 2.20. The van der Waals surface area contributed by atoms with E-state index in [0.717, 1.165) is 19.3 Å². The Bertz CT molecular complexity index is 438. The van der Waals surface area contributed by atoms with Gasteiger partial charge in [-0.15, -0.1) is 0 Å². The Morgan fingerprint density at radius 1 is 1.04 bits per heavy atom. The van der Waals surface area contributed by atoms with Gasteiger partial charge in [-0.25, -0.2) is 0 Å². The highest BCUT2D eigenvalue weighted by molar-refractivity contribution is 7.45. The number of phosphoric ester groups is 1. The molecule has 162 valence electrons. The van der Waals surface area contributed by atoms with E-state index >= 15 is 0 Å². The van der Waals surface area contributed by atoms with Crippen molar-refractivity contribution in [3.05, 3.63) is 0 Å². The van der Waals surface area contributed by atoms with Crippen molar-refractivity contribution in [2.75, 3.05) is 40.9 Å². The first-order chi connectivity index (χ1) is 12.6. The van der Waals surface area contributed by atoms with Crippen LogP contribution < -0.4 is 4.89 Å². The number of hydrogen-bond donors (Lipinski definition) is 0. The van der Waals surface area contributed by atoms with Crippen molar-refractivity contribution in [1.82, 2.24) is 0 Å². The lowest BCUT2D eigenvalue weighted by molar-refractivity contribution is -0.870. The number of carbonyl (C=O) groups is 1. The molecule has 0 saturated carbocycles. The Labute approximate surface area is 165 Å². The van der Waals surface area contributed by atoms with Crippen molar-refractivity contribution >= 4 is 13.8 Å². The molecule has 2 atom stereocenters. The number of likely N-dealkylation sites (N-methyl/N-ethyl adjacent to an activating group) is 1. The van der Waals surface area contributed by atoms with Crippen LogP contribution in [0.25, 0.3) is 0 Å². The molecule has 0 fully saturated rings. The fourth-order valence-electron chi connectivity index (χ4n) is 2.52. The molecule has 0 spiro atoms. The number of hydrogen-bond acceptors (Lipinski definition) is 6. The molecule has 0 bridgehead atoms. The summed E-state index contributed by atoms with van der Waals surface area (Å²) in [5.41, 5.74) is 0. The van der Waals surface area contributed by atoms with E-state index in [2.05, 4.69) is 6.92 Å². The van der Waals surface area contributed by atoms with Gasteiger partial charge in [0.2, 0.25) is 0 Å². The summed E-state index contributed by atoms with van der Waals surface area (Å²) in [7, 11) is 1.43. The zero-order valence-electron chi connectivity index (χ0n) is 17.9. The number of esters is 1. The van der Waals surface area contributed by atoms with Crippen LogP contribution in [0.5, 0.6) is 0 Å². The van der Waals surface area contributed by atoms with E-state index in [1.165, 1.54) is 39.0 Å². The second-order valence-corrected chi connectivity index (χ2v) is 9.45. The topological polar surface area (TPSA) is 84.9 Å². The summed E-state index contributed by atoms with van der Waals surface area (Å²) in [4.78, 5) is 23.1. The van der Waals surface area contributed by atoms with Gasteiger partial charge in [0, 0.05) is 6.92 Å². The first-order valence-corrected chi connectivity index (χ1v) is 11.6. The summed E-state index contributed by atoms with van der Waals surface area (Å²) < 4.78 is 27.7. The third kappa shape index (κ3) is 18.7. The molecule has 0 aromatic carbocycles. The number of nitrogens with zero attached hydrogens (tertiary/aromatic N) is 1. The maximum atomic E-state index is 12.0. The Balaban J connectivity index is 4.25. The first kappa shape index (κ1) is 26.5. The molecule has 0 aliphatic rings. The van der Waals surface area contributed by atoms with Crippen LogP contribution in [0.3, 0.4) is 0 Å². The van der Waals surface area contributed by atoms with Crippen molar-refractivity contribution < 1.29 is 32.5 Å². The highest BCUT2D eigenvalue weighted by atomic mass is 31.2. The second-order valence-electron chi connectivity index (χ2n) is 8.09. The fourth-order valence-corrected chi connectivity index (χ4v) is 3.42. The van der Waals surface area contributed by atoms with Crippen LogP contribution in [-0.4, -0.2) is 57.5 Å². The van der Waals surface area contributed by atoms with E-state index in [1.54, 1.807) is 0 Å². The van der Waals surface area contributed by atoms with Crippen LogP contribution in [-0.2, 0) is 23.1 Å². The number of ether oxygens (including phenoxy) is 1. The molecule has 0 amide bonds. The minimum Gasteiger partial charge on any atom is -0.756 e. The molecule has 0 rings (SSSR count). The van der Waals surface area contributed by atoms with Crippen molar-refractivity contribution in [3.63, 3.8) is 0 Å². The number of unbranched alkanes of at least 4 members (excludes halogenated alkanes) is 7. The highest BCUT2D eigenvalue weighted by Crippen LogP contribution is 2.40. The van der Waals surface area contributed by atoms with Gasteiger partial charge in [-0.05, 0) is 6.42 Å². The van der Waals surface area contributed by atoms with Gasteiger partial charge < -0.3 is 23.2 Å². The standard InChI is InChI=1S/C19H40NO6P/c1-6-7-8-9-10-11-12-13-14-19(17-24-18(2)21)26-27(22,23)25-16-15-20(3,4)5/h19H,6-17H2,1-5H3. The molecule has 0 heterocycles. The van der Waals surface area contributed by atoms with Gasteiger partial charge in [-0.2, -0.15) is 0 Å². The monoisotopic (exact) mass is 409 g/mol. The van der Waals surface area contributed by atoms with Crippen molar-refractivity contribution in [2.45, 2.75) is 77.7 Å². The van der Waals surface area contributed by atoms with Gasteiger partial charge >= 0.3 is 5.97 Å². The van der Waals surface area contributed by atoms with E-state index < -0.39 is 19.9 Å². The van der Waals surface area contributed by atoms with Crippen LogP contribution in [0.4, 0.5) is 0 Å². The second kappa shape index (κ2) is 14.5. The Kier molecular flexibility index (Phi) is 14.3. The van der Waals surface area contributed by atoms with Crippen molar-refractivity contribution in [1.29, 1.82) is 0 Å². The number of rotatable bonds is 17. The van der Waals surface area contributed by atoms with Crippen LogP contribution in [0.15, 0.2) is 0 Å². The lowest BCUT2D eigenvalue weighted by atomic mass is 10.1. The molecule has 0 N–H and O–H groups in total. The summed E-state index contributed by atoms with van der Waals surface area (Å²) in [6, 6.07) is 0. The number of quaternary nitrogens is 1. The maximum absolute atomic E-state index is 12.0. The van der Waals surface area contributed by atoms with Crippen LogP contribution in [0.1, 0.15) is 71.6 Å². The third-order valence-electron chi connectivity index (χ3n) is 4.14. The fraction of sp³-hybridized carbons (Fsp3) is 0.947. The van der Waals surface area contributed by atoms with Crippen LogP contribution in [0, 0.1) is 0 Å². The molecule has 0 aliphatic heterocycles. The molecule has 0 aromatic rings. The average molecular weight is 410 g/mol. The predicted octanol–water partition coefficient (Wildman–Crippen LogP) is 3.66. The third-order valence-corrected chi connectivity index (χ3v) is 5.20. The van der Waals surface area contributed by atoms with E-state index in [1.807, 2.05) is 21.1 Å². The Hall–Kier alpha value is -0.460. The summed E-state index contributed by atoms with van der Waals surface area (Å²) in [6.45, 7) is 4.02. The normalized spacial score (nSPS) is 15.3. The van der Waals surface area contributed by atoms with Gasteiger partial charge in [0.25, 0.3) is 7.82 Å². The largest absolute Gasteiger partial charge is 0.756 e. The molecule has 0 aliphatic carbocycles. The van der Waals surface area contributed by atoms with Crippen molar-refractivity contribution in [3.8, 4) is 0 Å². The van der Waals surface area contributed by atoms with Gasteiger partial charge in [-0.3, -0.25) is 9.36 Å². The molecule has 8 heteroatoms. The smallest absolute Gasteiger partial charge is 0.302 e. The van der Waals surface area contributed by atoms with Crippen LogP contribution >= 0.6 is 7.82 Å². The van der Waals surface area contributed by atoms with Gasteiger partial charge in [0.1, 0.15) is 25.9 Å². The lowest BCUT2D eigenvalue weighted by Gasteiger charge is -2.30. The lowest BCUT2D eigenvalue weighted by Crippen LogP contribution is -2.37. The zero-order valence-corrected chi connectivity index (χ0v) is 18.8. The van der Waals surface area contributed by atoms with Crippen molar-refractivity contribution in [2.24, 2.45) is 0 Å². The van der Waals surface area contributed by atoms with E-state index in [-0.39, 0.29) is 13.2 Å². The Morgan fingerprint density at radius 2 is 1.59 bits per heavy atom. The molecule has 0 aromatic heterocycles. The SMILES string of the molecule is CCCCCCCCCCC(COC(C)=O)OP(=O)([O-])OCC[N+](C)(C)C. The van der Waals surface area contributed by atoms with Gasteiger partial charge in [0.05, 0.1) is 21.1 Å². The molecule has 2 unspecified atom stereocenters. The number of phosphoric acid groups is 1. The predicted molar refractivity (Wildman–Crippen MR) is 105 cm³/mol. The summed E-state index contributed by atoms with van der Waals surface area (Å²) in [6.07, 6.45) is 9.04. The summed E-state index contributed by atoms with van der Waals surface area (Å²) >= 11 is 0. The summed E-state index contributed by atoms with van der Waals surface area (Å²) in [5, 5.41) is 0. The average Bonchev–Trinajstić information content (AvgIpc) is 2.53. The quantitative estimate of drug-likeness (QED) is 0.158. The maximum Gasteiger partial charge on any atom is 0.302 e. The molecule has 27 heavy (non-hydrogen) atoms. The molecular formula is C19H40NO6P. The minimum atomic E-state index is -4.42. The molecule has 7 nitrogen and oxygen atoms in total. The van der Waals surface area contributed by atoms with E-state index in [9.17, 15) is 14.3 Å². The molecular weight excluding hydrogens is 369 g/mol. The summed E-state index contributed by atoms with van der Waals surface area (Å²) in [5.74, 6) is -0.453. The van der Waals surface area contributed by atoms with E-state index in [0.29, 0.717) is 17.4 Å². The zero-order chi connectivity index (χ0) is 20.8. The van der Waals surface area contributed by atoms with Crippen LogP contribution in [0.2, 0.25) is 0 Å². The Morgan fingerprint density at radius 3 is 2.11 bits per heavy atom. The molecule has 0 saturated heterocycles. The number of carbonyl (C=O) groups excluding carboxylic acids is 1. The van der Waals surface area contributed by atoms with Gasteiger partial charge in [-0.1, -0.05) is 58.3 Å². The molecule has 0 radical (unpaired) electrons. The van der Waals surface area contributed by atoms with Gasteiger partial charge in [0.15, 0.2) is 0 Å². The first-order valence-electron chi connectivity index (χ1n) is 10.1.